The highest BCUT2D eigenvalue weighted by atomic mass is 32.3. The van der Waals surface area contributed by atoms with Crippen LogP contribution in [0, 0.1) is 5.92 Å². The molecule has 0 radical (unpaired) electrons. The first-order valence-electron chi connectivity index (χ1n) is 9.53. The van der Waals surface area contributed by atoms with Crippen molar-refractivity contribution in [2.75, 3.05) is 6.61 Å². The molecule has 1 N–H and O–H groups in total. The van der Waals surface area contributed by atoms with Crippen molar-refractivity contribution < 1.29 is 17.2 Å². The second kappa shape index (κ2) is 15.4. The molecule has 0 aromatic carbocycles. The monoisotopic (exact) mass is 350 g/mol. The first-order valence-corrected chi connectivity index (χ1v) is 10.9. The van der Waals surface area contributed by atoms with Gasteiger partial charge in [-0.15, -0.1) is 0 Å². The molecule has 0 heterocycles. The Morgan fingerprint density at radius 2 is 1.04 bits per heavy atom. The van der Waals surface area contributed by atoms with E-state index in [1.54, 1.807) is 0 Å². The van der Waals surface area contributed by atoms with Gasteiger partial charge in [-0.05, 0) is 12.3 Å². The second-order valence-corrected chi connectivity index (χ2v) is 8.12. The normalized spacial score (nSPS) is 12.2. The van der Waals surface area contributed by atoms with Crippen molar-refractivity contribution in [3.05, 3.63) is 0 Å². The number of unbranched alkanes of at least 4 members (excludes halogenated alkanes) is 12. The van der Waals surface area contributed by atoms with Gasteiger partial charge >= 0.3 is 10.4 Å². The zero-order valence-electron chi connectivity index (χ0n) is 15.3. The van der Waals surface area contributed by atoms with Gasteiger partial charge in [0, 0.05) is 0 Å². The van der Waals surface area contributed by atoms with E-state index in [2.05, 4.69) is 18.0 Å². The minimum atomic E-state index is -4.25. The Bertz CT molecular complexity index is 339. The van der Waals surface area contributed by atoms with Crippen LogP contribution in [0.3, 0.4) is 0 Å². The van der Waals surface area contributed by atoms with Crippen LogP contribution in [0.25, 0.3) is 0 Å². The zero-order valence-corrected chi connectivity index (χ0v) is 16.1. The van der Waals surface area contributed by atoms with Crippen LogP contribution < -0.4 is 0 Å². The summed E-state index contributed by atoms with van der Waals surface area (Å²) < 4.78 is 33.3. The molecule has 23 heavy (non-hydrogen) atoms. The topological polar surface area (TPSA) is 63.6 Å². The lowest BCUT2D eigenvalue weighted by molar-refractivity contribution is 0.261. The first-order chi connectivity index (χ1) is 10.9. The molecule has 5 heteroatoms. The summed E-state index contributed by atoms with van der Waals surface area (Å²) in [5.41, 5.74) is 0. The molecule has 0 aliphatic heterocycles. The van der Waals surface area contributed by atoms with Crippen molar-refractivity contribution >= 4 is 10.4 Å². The average Bonchev–Trinajstić information content (AvgIpc) is 2.45. The van der Waals surface area contributed by atoms with E-state index in [0.29, 0.717) is 6.42 Å². The van der Waals surface area contributed by atoms with Gasteiger partial charge in [-0.3, -0.25) is 4.55 Å². The van der Waals surface area contributed by atoms with Gasteiger partial charge in [-0.2, -0.15) is 8.42 Å². The van der Waals surface area contributed by atoms with Crippen molar-refractivity contribution in [1.82, 2.24) is 0 Å². The van der Waals surface area contributed by atoms with Crippen LogP contribution in [-0.4, -0.2) is 19.6 Å². The smallest absolute Gasteiger partial charge is 0.264 e. The molecule has 0 aromatic heterocycles. The summed E-state index contributed by atoms with van der Waals surface area (Å²) in [5, 5.41) is 0. The van der Waals surface area contributed by atoms with Gasteiger partial charge < -0.3 is 0 Å². The molecule has 0 fully saturated rings. The van der Waals surface area contributed by atoms with E-state index in [-0.39, 0.29) is 6.61 Å². The van der Waals surface area contributed by atoms with Crippen LogP contribution >= 0.6 is 0 Å². The molecule has 0 aliphatic carbocycles. The highest BCUT2D eigenvalue weighted by Crippen LogP contribution is 2.14. The van der Waals surface area contributed by atoms with Gasteiger partial charge in [0.25, 0.3) is 0 Å². The van der Waals surface area contributed by atoms with Gasteiger partial charge in [0.05, 0.1) is 6.61 Å². The third-order valence-electron chi connectivity index (χ3n) is 4.16. The van der Waals surface area contributed by atoms with Gasteiger partial charge in [-0.1, -0.05) is 97.3 Å². The molecule has 0 rings (SSSR count). The van der Waals surface area contributed by atoms with Crippen LogP contribution in [0.15, 0.2) is 0 Å². The van der Waals surface area contributed by atoms with E-state index in [4.69, 9.17) is 4.55 Å². The molecule has 0 atom stereocenters. The van der Waals surface area contributed by atoms with Crippen LogP contribution in [0.4, 0.5) is 0 Å². The van der Waals surface area contributed by atoms with Crippen molar-refractivity contribution in [3.8, 4) is 0 Å². The lowest BCUT2D eigenvalue weighted by atomic mass is 10.0. The van der Waals surface area contributed by atoms with Crippen molar-refractivity contribution in [2.45, 2.75) is 104 Å². The van der Waals surface area contributed by atoms with Gasteiger partial charge in [0.15, 0.2) is 0 Å². The number of hydrogen-bond donors (Lipinski definition) is 1. The lowest BCUT2D eigenvalue weighted by Crippen LogP contribution is -2.04. The van der Waals surface area contributed by atoms with Crippen molar-refractivity contribution in [1.29, 1.82) is 0 Å². The summed E-state index contributed by atoms with van der Waals surface area (Å²) in [7, 11) is -4.25. The summed E-state index contributed by atoms with van der Waals surface area (Å²) in [6.45, 7) is 4.69. The van der Waals surface area contributed by atoms with E-state index in [1.165, 1.54) is 70.6 Å². The van der Waals surface area contributed by atoms with E-state index >= 15 is 0 Å². The summed E-state index contributed by atoms with van der Waals surface area (Å²) in [5.74, 6) is 0.852. The number of hydrogen-bond acceptors (Lipinski definition) is 3. The minimum Gasteiger partial charge on any atom is -0.264 e. The quantitative estimate of drug-likeness (QED) is 0.261. The van der Waals surface area contributed by atoms with Gasteiger partial charge in [0.2, 0.25) is 0 Å². The highest BCUT2D eigenvalue weighted by molar-refractivity contribution is 7.80. The summed E-state index contributed by atoms with van der Waals surface area (Å²) in [6, 6.07) is 0. The van der Waals surface area contributed by atoms with Crippen LogP contribution in [-0.2, 0) is 14.6 Å². The predicted octanol–water partition coefficient (Wildman–Crippen LogP) is 5.92. The van der Waals surface area contributed by atoms with Crippen molar-refractivity contribution in [2.24, 2.45) is 5.92 Å². The zero-order chi connectivity index (χ0) is 17.4. The fourth-order valence-electron chi connectivity index (χ4n) is 2.76. The Hall–Kier alpha value is -0.130. The minimum absolute atomic E-state index is 0.0933. The molecule has 0 bridgehead atoms. The van der Waals surface area contributed by atoms with E-state index < -0.39 is 10.4 Å². The Morgan fingerprint density at radius 3 is 1.39 bits per heavy atom. The third kappa shape index (κ3) is 21.9. The predicted molar refractivity (Wildman–Crippen MR) is 97.0 cm³/mol. The largest absolute Gasteiger partial charge is 0.397 e. The molecule has 0 amide bonds. The molecule has 0 spiro atoms. The molecule has 0 unspecified atom stereocenters. The van der Waals surface area contributed by atoms with Gasteiger partial charge in [-0.25, -0.2) is 4.18 Å². The standard InChI is InChI=1S/C18H38O4S/c1-18(2)16-14-12-10-8-6-4-3-5-7-9-11-13-15-17-22-23(19,20)21/h18H,3-17H2,1-2H3,(H,19,20,21). The Balaban J connectivity index is 3.05. The fraction of sp³-hybridized carbons (Fsp3) is 1.00. The second-order valence-electron chi connectivity index (χ2n) is 7.03. The van der Waals surface area contributed by atoms with Crippen LogP contribution in [0.5, 0.6) is 0 Å². The maximum atomic E-state index is 10.3. The average molecular weight is 351 g/mol. The first kappa shape index (κ1) is 22.9. The maximum Gasteiger partial charge on any atom is 0.397 e. The Kier molecular flexibility index (Phi) is 15.3. The summed E-state index contributed by atoms with van der Waals surface area (Å²) in [4.78, 5) is 0. The Labute approximate surface area is 144 Å². The van der Waals surface area contributed by atoms with Crippen LogP contribution in [0.2, 0.25) is 0 Å². The summed E-state index contributed by atoms with van der Waals surface area (Å²) >= 11 is 0. The summed E-state index contributed by atoms with van der Waals surface area (Å²) in [6.07, 6.45) is 17.6. The van der Waals surface area contributed by atoms with E-state index in [0.717, 1.165) is 18.8 Å². The molecule has 0 saturated heterocycles. The van der Waals surface area contributed by atoms with Crippen LogP contribution in [0.1, 0.15) is 104 Å². The molecule has 0 saturated carbocycles. The molecular weight excluding hydrogens is 312 g/mol. The van der Waals surface area contributed by atoms with E-state index in [9.17, 15) is 8.42 Å². The molecule has 4 nitrogen and oxygen atoms in total. The Morgan fingerprint density at radius 1 is 0.696 bits per heavy atom. The lowest BCUT2D eigenvalue weighted by Gasteiger charge is -2.05. The number of rotatable bonds is 17. The SMILES string of the molecule is CC(C)CCCCCCCCCCCCCCCOS(=O)(=O)O. The third-order valence-corrected chi connectivity index (χ3v) is 4.62. The molecule has 140 valence electrons. The van der Waals surface area contributed by atoms with E-state index in [1.807, 2.05) is 0 Å². The molecular formula is C18H38O4S. The highest BCUT2D eigenvalue weighted by Gasteiger charge is 2.02. The fourth-order valence-corrected chi connectivity index (χ4v) is 3.09. The molecule has 0 aliphatic rings. The molecule has 0 aromatic rings. The van der Waals surface area contributed by atoms with Crippen molar-refractivity contribution in [3.63, 3.8) is 0 Å². The van der Waals surface area contributed by atoms with Gasteiger partial charge in [0.1, 0.15) is 0 Å². The maximum absolute atomic E-state index is 10.3.